The van der Waals surface area contributed by atoms with Crippen molar-refractivity contribution in [2.45, 2.75) is 13.8 Å². The topological polar surface area (TPSA) is 54.4 Å². The van der Waals surface area contributed by atoms with Gasteiger partial charge in [0.15, 0.2) is 0 Å². The van der Waals surface area contributed by atoms with Crippen LogP contribution in [0.4, 0.5) is 22.7 Å². The Hall–Kier alpha value is -4.96. The largest absolute Gasteiger partial charge is 0.456 e. The van der Waals surface area contributed by atoms with Crippen molar-refractivity contribution < 1.29 is 4.42 Å². The van der Waals surface area contributed by atoms with Crippen LogP contribution in [0.25, 0.3) is 33.1 Å². The van der Waals surface area contributed by atoms with Crippen molar-refractivity contribution in [2.75, 3.05) is 16.0 Å². The van der Waals surface area contributed by atoms with E-state index in [1.54, 1.807) is 0 Å². The Balaban J connectivity index is 1.48. The van der Waals surface area contributed by atoms with Crippen molar-refractivity contribution in [3.63, 3.8) is 0 Å². The molecule has 0 unspecified atom stereocenters. The lowest BCUT2D eigenvalue weighted by Gasteiger charge is -2.30. The standard InChI is InChI=1S/C34H29N3O/c1-22-9-8-10-25(19-22)26-15-17-32(23(2)20-26)37(24(3)36-31-13-6-5-12-30(31)35)27-16-18-34-29(21-27)28-11-4-7-14-33(28)38-34/h4-21,36H,3,35H2,1-2H3. The second-order valence-electron chi connectivity index (χ2n) is 9.64. The molecule has 0 saturated heterocycles. The van der Waals surface area contributed by atoms with Crippen LogP contribution in [0.15, 0.2) is 126 Å². The Labute approximate surface area is 222 Å². The van der Waals surface area contributed by atoms with E-state index in [0.717, 1.165) is 44.6 Å². The van der Waals surface area contributed by atoms with E-state index in [1.165, 1.54) is 16.7 Å². The van der Waals surface area contributed by atoms with Crippen molar-refractivity contribution in [2.24, 2.45) is 0 Å². The van der Waals surface area contributed by atoms with Gasteiger partial charge in [-0.15, -0.1) is 0 Å². The van der Waals surface area contributed by atoms with Crippen LogP contribution in [0.3, 0.4) is 0 Å². The normalized spacial score (nSPS) is 11.1. The first-order valence-electron chi connectivity index (χ1n) is 12.7. The van der Waals surface area contributed by atoms with Crippen molar-refractivity contribution in [3.8, 4) is 11.1 Å². The van der Waals surface area contributed by atoms with Gasteiger partial charge in [-0.05, 0) is 79.1 Å². The number of nitrogens with two attached hydrogens (primary N) is 1. The number of nitrogens with zero attached hydrogens (tertiary/aromatic N) is 1. The molecule has 0 radical (unpaired) electrons. The highest BCUT2D eigenvalue weighted by Crippen LogP contribution is 2.38. The van der Waals surface area contributed by atoms with Gasteiger partial charge in [0, 0.05) is 16.5 Å². The van der Waals surface area contributed by atoms with Gasteiger partial charge in [-0.2, -0.15) is 0 Å². The average molecular weight is 496 g/mol. The van der Waals surface area contributed by atoms with Gasteiger partial charge in [-0.3, -0.25) is 4.90 Å². The molecule has 5 aromatic carbocycles. The molecule has 1 heterocycles. The highest BCUT2D eigenvalue weighted by molar-refractivity contribution is 6.06. The number of hydrogen-bond acceptors (Lipinski definition) is 4. The minimum atomic E-state index is 0.663. The van der Waals surface area contributed by atoms with Crippen LogP contribution in [-0.4, -0.2) is 0 Å². The molecular formula is C34H29N3O. The minimum Gasteiger partial charge on any atom is -0.456 e. The SMILES string of the molecule is C=C(Nc1ccccc1N)N(c1ccc2oc3ccccc3c2c1)c1ccc(-c2cccc(C)c2)cc1C. The summed E-state index contributed by atoms with van der Waals surface area (Å²) in [7, 11) is 0. The molecule has 3 N–H and O–H groups in total. The van der Waals surface area contributed by atoms with E-state index < -0.39 is 0 Å². The first-order valence-corrected chi connectivity index (χ1v) is 12.7. The van der Waals surface area contributed by atoms with E-state index in [4.69, 9.17) is 10.2 Å². The van der Waals surface area contributed by atoms with E-state index in [9.17, 15) is 0 Å². The summed E-state index contributed by atoms with van der Waals surface area (Å²) >= 11 is 0. The van der Waals surface area contributed by atoms with Gasteiger partial charge in [-0.1, -0.05) is 72.8 Å². The molecule has 38 heavy (non-hydrogen) atoms. The van der Waals surface area contributed by atoms with Gasteiger partial charge in [0.05, 0.1) is 17.1 Å². The molecular weight excluding hydrogens is 466 g/mol. The van der Waals surface area contributed by atoms with E-state index in [2.05, 4.69) is 91.3 Å². The molecule has 186 valence electrons. The van der Waals surface area contributed by atoms with Crippen LogP contribution in [0.2, 0.25) is 0 Å². The quantitative estimate of drug-likeness (QED) is 0.226. The maximum atomic E-state index is 6.26. The molecule has 0 spiro atoms. The van der Waals surface area contributed by atoms with Gasteiger partial charge < -0.3 is 15.5 Å². The molecule has 4 nitrogen and oxygen atoms in total. The lowest BCUT2D eigenvalue weighted by molar-refractivity contribution is 0.669. The van der Waals surface area contributed by atoms with Crippen LogP contribution in [0.5, 0.6) is 0 Å². The third-order valence-electron chi connectivity index (χ3n) is 6.92. The van der Waals surface area contributed by atoms with Gasteiger partial charge >= 0.3 is 0 Å². The summed E-state index contributed by atoms with van der Waals surface area (Å²) in [5, 5.41) is 5.59. The zero-order chi connectivity index (χ0) is 26.2. The smallest absolute Gasteiger partial charge is 0.135 e. The van der Waals surface area contributed by atoms with Crippen LogP contribution in [0, 0.1) is 13.8 Å². The molecule has 0 atom stereocenters. The maximum Gasteiger partial charge on any atom is 0.135 e. The monoisotopic (exact) mass is 495 g/mol. The third-order valence-corrected chi connectivity index (χ3v) is 6.92. The molecule has 0 bridgehead atoms. The average Bonchev–Trinajstić information content (AvgIpc) is 3.29. The molecule has 0 fully saturated rings. The van der Waals surface area contributed by atoms with Crippen molar-refractivity contribution in [1.82, 2.24) is 0 Å². The Morgan fingerprint density at radius 3 is 2.32 bits per heavy atom. The lowest BCUT2D eigenvalue weighted by atomic mass is 10.00. The zero-order valence-corrected chi connectivity index (χ0v) is 21.5. The Kier molecular flexibility index (Phi) is 5.85. The number of nitrogen functional groups attached to an aromatic ring is 1. The summed E-state index contributed by atoms with van der Waals surface area (Å²) < 4.78 is 6.09. The van der Waals surface area contributed by atoms with Gasteiger partial charge in [0.25, 0.3) is 0 Å². The fourth-order valence-electron chi connectivity index (χ4n) is 5.03. The number of rotatable bonds is 6. The lowest BCUT2D eigenvalue weighted by Crippen LogP contribution is -2.22. The van der Waals surface area contributed by atoms with Gasteiger partial charge in [-0.25, -0.2) is 0 Å². The van der Waals surface area contributed by atoms with Crippen LogP contribution < -0.4 is 16.0 Å². The number of hydrogen-bond donors (Lipinski definition) is 2. The molecule has 0 aliphatic heterocycles. The van der Waals surface area contributed by atoms with Crippen molar-refractivity contribution >= 4 is 44.7 Å². The first kappa shape index (κ1) is 23.4. The van der Waals surface area contributed by atoms with Gasteiger partial charge in [0.1, 0.15) is 17.0 Å². The van der Waals surface area contributed by atoms with Gasteiger partial charge in [0.2, 0.25) is 0 Å². The molecule has 4 heteroatoms. The number of fused-ring (bicyclic) bond motifs is 3. The summed E-state index contributed by atoms with van der Waals surface area (Å²) in [4.78, 5) is 2.14. The number of furan rings is 1. The number of nitrogens with one attached hydrogen (secondary N) is 1. The van der Waals surface area contributed by atoms with Crippen LogP contribution in [-0.2, 0) is 0 Å². The molecule has 0 aliphatic carbocycles. The Morgan fingerprint density at radius 2 is 1.50 bits per heavy atom. The van der Waals surface area contributed by atoms with Crippen LogP contribution >= 0.6 is 0 Å². The molecule has 0 saturated carbocycles. The van der Waals surface area contributed by atoms with E-state index in [-0.39, 0.29) is 0 Å². The van der Waals surface area contributed by atoms with Crippen molar-refractivity contribution in [1.29, 1.82) is 0 Å². The summed E-state index contributed by atoms with van der Waals surface area (Å²) in [5.74, 6) is 0.696. The third kappa shape index (κ3) is 4.27. The number of para-hydroxylation sites is 3. The number of anilines is 4. The molecule has 1 aromatic heterocycles. The highest BCUT2D eigenvalue weighted by atomic mass is 16.3. The second-order valence-corrected chi connectivity index (χ2v) is 9.64. The summed E-state index contributed by atoms with van der Waals surface area (Å²) in [6.07, 6.45) is 0. The van der Waals surface area contributed by atoms with E-state index >= 15 is 0 Å². The molecule has 0 aliphatic rings. The number of aryl methyl sites for hydroxylation is 2. The first-order chi connectivity index (χ1) is 18.5. The Bertz CT molecular complexity index is 1810. The molecule has 6 rings (SSSR count). The van der Waals surface area contributed by atoms with E-state index in [0.29, 0.717) is 11.5 Å². The highest BCUT2D eigenvalue weighted by Gasteiger charge is 2.19. The summed E-state index contributed by atoms with van der Waals surface area (Å²) in [6.45, 7) is 8.70. The predicted octanol–water partition coefficient (Wildman–Crippen LogP) is 9.17. The fraction of sp³-hybridized carbons (Fsp3) is 0.0588. The summed E-state index contributed by atoms with van der Waals surface area (Å²) in [5.41, 5.74) is 16.2. The fourth-order valence-corrected chi connectivity index (χ4v) is 5.03. The van der Waals surface area contributed by atoms with Crippen molar-refractivity contribution in [3.05, 3.63) is 133 Å². The van der Waals surface area contributed by atoms with E-state index in [1.807, 2.05) is 48.5 Å². The maximum absolute atomic E-state index is 6.26. The second kappa shape index (κ2) is 9.49. The minimum absolute atomic E-state index is 0.663. The zero-order valence-electron chi connectivity index (χ0n) is 21.5. The van der Waals surface area contributed by atoms with Crippen LogP contribution in [0.1, 0.15) is 11.1 Å². The molecule has 6 aromatic rings. The Morgan fingerprint density at radius 1 is 0.737 bits per heavy atom. The molecule has 0 amide bonds. The number of benzene rings is 5. The summed E-state index contributed by atoms with van der Waals surface area (Å²) in [6, 6.07) is 37.2. The predicted molar refractivity (Wildman–Crippen MR) is 161 cm³/mol.